The summed E-state index contributed by atoms with van der Waals surface area (Å²) in [5, 5.41) is 16.0. The standard InChI is InChI=1S/C29H41ClN4O3.C28H37Cl2N3O3.2C28H37ClFN3O3/c1-19(31-2)27(35)16-23(20-9-6-5-7-10-20)29(37)34-14-8-11-22(34)17-33-18-25(28(36)32(3)4)24-15-21(30)12-13-26(24)33;1-17(31-3)25(35)15-22(19-8-5-4-6-9-19)28(36)32-13-7-10-21(32)16-33-24-12-11-20(29)14-23(24)26(18(2)34)27(33)30;1-17(31-3)25(35)14-21(19-8-5-4-6-9-19)28(36)33-13-7-10-20(33)15-32-16-22(18(2)34)26-24(32)12-11-23(29)27(26)30;1-17(31-3)27(35)13-21(19-8-5-4-6-9-19)28(36)33-11-7-10-20(33)15-32-16-23(18(2)34)22-12-24(29)25(30)14-26(22)32/h12-13,15,18-20,22-23,31H,5-11,14,16-17H2,1-4H3;11-12,14,17,19,21-22,31H,4-10,13,15-16H2,1-3H3;11-12,16-17,19-21,31H,4-10,13-15H2,1-3H3;12,14,16-17,19-21,31H,4-11,13,15H2,1-3H3/t19-,22-,23-;17-,21-,22-;2*17-,20-,21-/m0000/s1. The minimum Gasteiger partial charge on any atom is -0.345 e. The molecule has 4 aliphatic carbocycles. The molecule has 32 heteroatoms. The molecule has 4 aromatic heterocycles. The van der Waals surface area contributed by atoms with E-state index < -0.39 is 11.6 Å². The Kier molecular flexibility index (Phi) is 40.7. The van der Waals surface area contributed by atoms with E-state index in [-0.39, 0.29) is 200 Å². The van der Waals surface area contributed by atoms with E-state index in [4.69, 9.17) is 58.0 Å². The van der Waals surface area contributed by atoms with Crippen LogP contribution in [0.1, 0.15) is 295 Å². The quantitative estimate of drug-likeness (QED) is 0.0265. The van der Waals surface area contributed by atoms with Gasteiger partial charge in [-0.2, -0.15) is 0 Å². The Bertz CT molecular complexity index is 5900. The van der Waals surface area contributed by atoms with E-state index in [1.807, 2.05) is 91.5 Å². The van der Waals surface area contributed by atoms with Crippen LogP contribution < -0.4 is 21.3 Å². The third kappa shape index (κ3) is 27.0. The summed E-state index contributed by atoms with van der Waals surface area (Å²) in [6, 6.07) is 16.0. The number of amides is 5. The number of rotatable bonds is 36. The molecule has 5 amide bonds. The Labute approximate surface area is 878 Å². The number of carbonyl (C=O) groups excluding carboxylic acids is 12. The van der Waals surface area contributed by atoms with Gasteiger partial charge in [-0.1, -0.05) is 135 Å². The van der Waals surface area contributed by atoms with Gasteiger partial charge < -0.3 is 64.0 Å². The number of likely N-dealkylation sites (tertiary alicyclic amines) is 4. The average molecular weight is 2100 g/mol. The molecule has 4 aromatic carbocycles. The molecule has 8 aromatic rings. The van der Waals surface area contributed by atoms with Crippen LogP contribution in [0.4, 0.5) is 8.78 Å². The van der Waals surface area contributed by atoms with Crippen molar-refractivity contribution in [1.29, 1.82) is 0 Å². The average Bonchev–Trinajstić information content (AvgIpc) is 1.62. The van der Waals surface area contributed by atoms with E-state index in [1.165, 1.54) is 64.7 Å². The number of nitrogens with one attached hydrogen (secondary N) is 4. The molecule has 790 valence electrons. The van der Waals surface area contributed by atoms with Crippen LogP contribution in [0.2, 0.25) is 25.2 Å². The largest absolute Gasteiger partial charge is 0.345 e. The van der Waals surface area contributed by atoms with E-state index in [2.05, 4.69) is 25.8 Å². The zero-order chi connectivity index (χ0) is 105. The Morgan fingerprint density at radius 1 is 0.359 bits per heavy atom. The highest BCUT2D eigenvalue weighted by Gasteiger charge is 2.46. The number of halogens is 7. The van der Waals surface area contributed by atoms with Crippen LogP contribution in [0.3, 0.4) is 0 Å². The van der Waals surface area contributed by atoms with Gasteiger partial charge in [-0.25, -0.2) is 8.78 Å². The van der Waals surface area contributed by atoms with Crippen molar-refractivity contribution in [2.24, 2.45) is 47.3 Å². The van der Waals surface area contributed by atoms with Gasteiger partial charge in [-0.15, -0.1) is 0 Å². The highest BCUT2D eigenvalue weighted by Crippen LogP contribution is 2.44. The molecule has 8 fully saturated rings. The van der Waals surface area contributed by atoms with Gasteiger partial charge in [-0.3, -0.25) is 57.5 Å². The lowest BCUT2D eigenvalue weighted by Gasteiger charge is -2.35. The molecule has 0 unspecified atom stereocenters. The van der Waals surface area contributed by atoms with Crippen LogP contribution in [0.15, 0.2) is 79.3 Å². The lowest BCUT2D eigenvalue weighted by Crippen LogP contribution is -2.45. The maximum absolute atomic E-state index is 14.9. The first-order valence-corrected chi connectivity index (χ1v) is 55.2. The molecule has 0 spiro atoms. The number of Topliss-reactive ketones (excluding diaryl/α,β-unsaturated/α-hetero) is 7. The smallest absolute Gasteiger partial charge is 0.255 e. The summed E-state index contributed by atoms with van der Waals surface area (Å²) >= 11 is 31.3. The third-order valence-electron chi connectivity index (χ3n) is 33.2. The van der Waals surface area contributed by atoms with Crippen molar-refractivity contribution in [3.8, 4) is 0 Å². The fourth-order valence-corrected chi connectivity index (χ4v) is 25.4. The molecule has 16 rings (SSSR count). The highest BCUT2D eigenvalue weighted by atomic mass is 35.5. The maximum atomic E-state index is 14.9. The topological polar surface area (TPSA) is 289 Å². The number of hydrogen-bond acceptors (Lipinski definition) is 16. The van der Waals surface area contributed by atoms with E-state index in [1.54, 1.807) is 77.8 Å². The minimum absolute atomic E-state index is 0.0174. The molecule has 12 atom stereocenters. The van der Waals surface area contributed by atoms with Crippen LogP contribution >= 0.6 is 58.0 Å². The number of nitrogens with zero attached hydrogens (tertiary/aromatic N) is 9. The molecule has 4 N–H and O–H groups in total. The Balaban J connectivity index is 0.000000162. The normalized spacial score (nSPS) is 20.5. The van der Waals surface area contributed by atoms with Crippen LogP contribution in [0.25, 0.3) is 43.6 Å². The lowest BCUT2D eigenvalue weighted by molar-refractivity contribution is -0.142. The highest BCUT2D eigenvalue weighted by molar-refractivity contribution is 6.37. The molecule has 0 bridgehead atoms. The second-order valence-corrected chi connectivity index (χ2v) is 44.7. The molecule has 4 aliphatic heterocycles. The summed E-state index contributed by atoms with van der Waals surface area (Å²) in [5.41, 5.74) is 4.86. The second-order valence-electron chi connectivity index (χ2n) is 42.6. The summed E-state index contributed by atoms with van der Waals surface area (Å²) < 4.78 is 37.0. The van der Waals surface area contributed by atoms with Gasteiger partial charge in [0.15, 0.2) is 23.2 Å². The van der Waals surface area contributed by atoms with E-state index in [0.29, 0.717) is 106 Å². The minimum atomic E-state index is -0.591. The summed E-state index contributed by atoms with van der Waals surface area (Å²) in [6.07, 6.45) is 35.2. The van der Waals surface area contributed by atoms with Gasteiger partial charge in [0.25, 0.3) is 5.91 Å². The molecule has 8 aliphatic rings. The second kappa shape index (κ2) is 52.1. The van der Waals surface area contributed by atoms with Crippen LogP contribution in [0.5, 0.6) is 0 Å². The van der Waals surface area contributed by atoms with Gasteiger partial charge in [0, 0.05) is 207 Å². The number of benzene rings is 4. The Morgan fingerprint density at radius 2 is 0.683 bits per heavy atom. The first-order valence-electron chi connectivity index (χ1n) is 53.3. The van der Waals surface area contributed by atoms with Gasteiger partial charge in [0.2, 0.25) is 23.6 Å². The van der Waals surface area contributed by atoms with Gasteiger partial charge in [0.05, 0.1) is 61.9 Å². The number of carbonyl (C=O) groups is 12. The van der Waals surface area contributed by atoms with Crippen molar-refractivity contribution in [2.75, 3.05) is 68.5 Å². The summed E-state index contributed by atoms with van der Waals surface area (Å²) in [7, 11) is 10.6. The van der Waals surface area contributed by atoms with Gasteiger partial charge >= 0.3 is 0 Å². The van der Waals surface area contributed by atoms with E-state index >= 15 is 0 Å². The van der Waals surface area contributed by atoms with Crippen molar-refractivity contribution < 1.29 is 66.3 Å². The SMILES string of the molecule is CN[C@@H](C)C(=O)C[C@H](C(=O)N1CCC[C@H]1Cn1c(Cl)c(C(C)=O)c2cc(Cl)ccc21)C1CCCCC1.CN[C@@H](C)C(=O)C[C@H](C(=O)N1CCC[C@H]1Cn1cc(C(=O)N(C)C)c2cc(Cl)ccc21)C1CCCCC1.CN[C@@H](C)C(=O)C[C@H](C(=O)N1CCC[C@H]1Cn1cc(C(C)=O)c2c(F)c(Cl)ccc21)C1CCCCC1.CN[C@@H](C)C(=O)C[C@H](C(=O)N1CCC[C@H]1Cn1cc(C(C)=O)c2cc(Cl)c(F)cc21)C1CCCCC1. The van der Waals surface area contributed by atoms with Crippen LogP contribution in [-0.4, -0.2) is 230 Å². The predicted molar refractivity (Wildman–Crippen MR) is 573 cm³/mol. The molecular weight excluding hydrogens is 1950 g/mol. The molecule has 4 saturated heterocycles. The van der Waals surface area contributed by atoms with Gasteiger partial charge in [0.1, 0.15) is 34.1 Å². The molecule has 4 saturated carbocycles. The molecular formula is C113H152Cl5F2N13O12. The molecule has 0 radical (unpaired) electrons. The Morgan fingerprint density at radius 3 is 1.04 bits per heavy atom. The first-order chi connectivity index (χ1) is 69.4. The molecule has 145 heavy (non-hydrogen) atoms. The van der Waals surface area contributed by atoms with Crippen LogP contribution in [0, 0.1) is 59.0 Å². The lowest BCUT2D eigenvalue weighted by atomic mass is 9.76. The van der Waals surface area contributed by atoms with Crippen molar-refractivity contribution in [3.63, 3.8) is 0 Å². The van der Waals surface area contributed by atoms with Crippen molar-refractivity contribution in [1.82, 2.24) is 64.0 Å². The first kappa shape index (κ1) is 113. The number of aromatic nitrogens is 4. The number of hydrogen-bond donors (Lipinski definition) is 4. The van der Waals surface area contributed by atoms with E-state index in [9.17, 15) is 66.3 Å². The summed E-state index contributed by atoms with van der Waals surface area (Å²) in [6.45, 7) is 16.6. The molecule has 25 nitrogen and oxygen atoms in total. The number of ketones is 7. The third-order valence-corrected chi connectivity index (χ3v) is 34.6. The monoisotopic (exact) mass is 2100 g/mol. The fraction of sp³-hybridized carbons (Fsp3) is 0.611. The van der Waals surface area contributed by atoms with Crippen LogP contribution in [-0.2, 0) is 64.5 Å². The predicted octanol–water partition coefficient (Wildman–Crippen LogP) is 21.4. The van der Waals surface area contributed by atoms with Crippen molar-refractivity contribution in [2.45, 2.75) is 328 Å². The van der Waals surface area contributed by atoms with Crippen molar-refractivity contribution >= 4 is 172 Å². The van der Waals surface area contributed by atoms with E-state index in [0.717, 1.165) is 182 Å². The zero-order valence-corrected chi connectivity index (χ0v) is 90.9. The number of likely N-dealkylation sites (N-methyl/N-ethyl adjacent to an activating group) is 4. The molecule has 8 heterocycles. The number of fused-ring (bicyclic) bond motifs is 4. The summed E-state index contributed by atoms with van der Waals surface area (Å²) in [4.78, 5) is 167. The van der Waals surface area contributed by atoms with Crippen molar-refractivity contribution in [3.05, 3.63) is 138 Å². The Hall–Kier alpha value is -8.77. The maximum Gasteiger partial charge on any atom is 0.255 e. The summed E-state index contributed by atoms with van der Waals surface area (Å²) in [5.74, 6) is -1.08. The fourth-order valence-electron chi connectivity index (χ4n) is 24.3. The zero-order valence-electron chi connectivity index (χ0n) is 87.1. The van der Waals surface area contributed by atoms with Gasteiger partial charge in [-0.05, 0) is 264 Å².